The number of fused-ring (bicyclic) bond motifs is 5. The maximum Gasteiger partial charge on any atom is 0.340 e. The molecule has 0 unspecified atom stereocenters. The normalized spacial score (nSPS) is 24.8. The van der Waals surface area contributed by atoms with Gasteiger partial charge in [0, 0.05) is 25.5 Å². The molecule has 2 heterocycles. The van der Waals surface area contributed by atoms with Gasteiger partial charge in [0.15, 0.2) is 0 Å². The Morgan fingerprint density at radius 1 is 1.19 bits per heavy atom. The maximum absolute atomic E-state index is 12.7. The minimum atomic E-state index is -0.816. The van der Waals surface area contributed by atoms with Crippen LogP contribution in [0.25, 0.3) is 11.0 Å². The molecule has 1 aliphatic heterocycles. The number of carbonyl (C=O) groups is 2. The molecular formula is C20H21NO5. The molecule has 4 rings (SSSR count). The standard InChI is InChI=1S/C20H21NO5/c1-3-4-9-25-14-10-12-11-7-5-6-8-13(11)26-20(24)15(12)17-16(14)18(22)21(2)19(17)23/h5-8,14,16-17H,3-4,9-10H2,1-2H3/t14-,16-,17+/m0/s1. The summed E-state index contributed by atoms with van der Waals surface area (Å²) in [7, 11) is 1.47. The molecule has 1 saturated heterocycles. The number of para-hydroxylation sites is 1. The van der Waals surface area contributed by atoms with Crippen LogP contribution in [0.4, 0.5) is 0 Å². The molecule has 2 aromatic rings. The summed E-state index contributed by atoms with van der Waals surface area (Å²) in [6.07, 6.45) is 1.89. The highest BCUT2D eigenvalue weighted by molar-refractivity contribution is 6.08. The predicted octanol–water partition coefficient (Wildman–Crippen LogP) is 2.23. The largest absolute Gasteiger partial charge is 0.422 e. The molecule has 1 aromatic heterocycles. The van der Waals surface area contributed by atoms with E-state index in [1.165, 1.54) is 7.05 Å². The lowest BCUT2D eigenvalue weighted by Crippen LogP contribution is -2.41. The molecule has 0 spiro atoms. The third-order valence-electron chi connectivity index (χ3n) is 5.48. The number of imide groups is 1. The van der Waals surface area contributed by atoms with Gasteiger partial charge in [-0.3, -0.25) is 14.5 Å². The van der Waals surface area contributed by atoms with Crippen molar-refractivity contribution in [2.75, 3.05) is 13.7 Å². The summed E-state index contributed by atoms with van der Waals surface area (Å²) in [5, 5.41) is 0.805. The highest BCUT2D eigenvalue weighted by Gasteiger charge is 2.55. The van der Waals surface area contributed by atoms with E-state index < -0.39 is 23.6 Å². The van der Waals surface area contributed by atoms with Gasteiger partial charge in [-0.15, -0.1) is 0 Å². The lowest BCUT2D eigenvalue weighted by molar-refractivity contribution is -0.139. The zero-order valence-corrected chi connectivity index (χ0v) is 14.9. The second-order valence-corrected chi connectivity index (χ2v) is 6.98. The van der Waals surface area contributed by atoms with Gasteiger partial charge in [-0.05, 0) is 18.1 Å². The van der Waals surface area contributed by atoms with E-state index >= 15 is 0 Å². The summed E-state index contributed by atoms with van der Waals surface area (Å²) in [6.45, 7) is 2.60. The molecule has 1 aliphatic carbocycles. The molecule has 26 heavy (non-hydrogen) atoms. The molecule has 6 nitrogen and oxygen atoms in total. The molecule has 0 N–H and O–H groups in total. The Bertz CT molecular complexity index is 947. The van der Waals surface area contributed by atoms with Gasteiger partial charge < -0.3 is 9.15 Å². The Labute approximate surface area is 150 Å². The molecule has 3 atom stereocenters. The van der Waals surface area contributed by atoms with Gasteiger partial charge in [-0.1, -0.05) is 31.5 Å². The van der Waals surface area contributed by atoms with Crippen LogP contribution in [0.15, 0.2) is 33.5 Å². The van der Waals surface area contributed by atoms with Crippen molar-refractivity contribution >= 4 is 22.8 Å². The Kier molecular flexibility index (Phi) is 4.15. The smallest absolute Gasteiger partial charge is 0.340 e. The lowest BCUT2D eigenvalue weighted by Gasteiger charge is -2.32. The summed E-state index contributed by atoms with van der Waals surface area (Å²) in [6, 6.07) is 7.29. The van der Waals surface area contributed by atoms with Gasteiger partial charge in [-0.25, -0.2) is 4.79 Å². The van der Waals surface area contributed by atoms with Gasteiger partial charge >= 0.3 is 5.63 Å². The molecule has 0 bridgehead atoms. The van der Waals surface area contributed by atoms with E-state index in [0.717, 1.165) is 28.7 Å². The SMILES string of the molecule is CCCCO[C@H]1Cc2c(c(=O)oc3ccccc23)[C@H]2C(=O)N(C)C(=O)[C@@H]12. The van der Waals surface area contributed by atoms with Crippen molar-refractivity contribution in [3.63, 3.8) is 0 Å². The fraction of sp³-hybridized carbons (Fsp3) is 0.450. The fourth-order valence-corrected chi connectivity index (χ4v) is 4.15. The van der Waals surface area contributed by atoms with Gasteiger partial charge in [0.2, 0.25) is 11.8 Å². The van der Waals surface area contributed by atoms with Crippen molar-refractivity contribution < 1.29 is 18.7 Å². The van der Waals surface area contributed by atoms with Crippen molar-refractivity contribution in [3.8, 4) is 0 Å². The Balaban J connectivity index is 1.89. The number of rotatable bonds is 4. The van der Waals surface area contributed by atoms with Crippen molar-refractivity contribution in [1.82, 2.24) is 4.90 Å². The molecular weight excluding hydrogens is 334 g/mol. The zero-order chi connectivity index (χ0) is 18.4. The molecule has 6 heteroatoms. The number of hydrogen-bond acceptors (Lipinski definition) is 5. The minimum Gasteiger partial charge on any atom is -0.422 e. The first-order valence-electron chi connectivity index (χ1n) is 9.02. The zero-order valence-electron chi connectivity index (χ0n) is 14.9. The monoisotopic (exact) mass is 355 g/mol. The molecule has 2 amide bonds. The van der Waals surface area contributed by atoms with Crippen LogP contribution < -0.4 is 5.63 Å². The van der Waals surface area contributed by atoms with E-state index in [9.17, 15) is 14.4 Å². The highest BCUT2D eigenvalue weighted by atomic mass is 16.5. The summed E-state index contributed by atoms with van der Waals surface area (Å²) in [4.78, 5) is 39.2. The first-order chi connectivity index (χ1) is 12.5. The third kappa shape index (κ3) is 2.40. The summed E-state index contributed by atoms with van der Waals surface area (Å²) in [5.74, 6) is -2.10. The van der Waals surface area contributed by atoms with E-state index in [1.807, 2.05) is 12.1 Å². The van der Waals surface area contributed by atoms with Gasteiger partial charge in [0.05, 0.1) is 23.5 Å². The number of unbranched alkanes of at least 4 members (excludes halogenated alkanes) is 1. The number of hydrogen-bond donors (Lipinski definition) is 0. The van der Waals surface area contributed by atoms with Crippen molar-refractivity contribution in [2.24, 2.45) is 5.92 Å². The summed E-state index contributed by atoms with van der Waals surface area (Å²) in [5.41, 5.74) is 1.06. The Hall–Kier alpha value is -2.47. The highest BCUT2D eigenvalue weighted by Crippen LogP contribution is 2.44. The molecule has 0 saturated carbocycles. The van der Waals surface area contributed by atoms with Gasteiger partial charge in [0.1, 0.15) is 5.58 Å². The van der Waals surface area contributed by atoms with Crippen molar-refractivity contribution in [1.29, 1.82) is 0 Å². The maximum atomic E-state index is 12.7. The fourth-order valence-electron chi connectivity index (χ4n) is 4.15. The minimum absolute atomic E-state index is 0.278. The van der Waals surface area contributed by atoms with Crippen LogP contribution in [0.2, 0.25) is 0 Å². The molecule has 1 fully saturated rings. The van der Waals surface area contributed by atoms with E-state index in [4.69, 9.17) is 9.15 Å². The molecule has 0 radical (unpaired) electrons. The lowest BCUT2D eigenvalue weighted by atomic mass is 9.74. The average Bonchev–Trinajstić information content (AvgIpc) is 2.87. The number of carbonyl (C=O) groups excluding carboxylic acids is 2. The number of nitrogens with zero attached hydrogens (tertiary/aromatic N) is 1. The second kappa shape index (κ2) is 6.36. The van der Waals surface area contributed by atoms with E-state index in [1.54, 1.807) is 12.1 Å². The Morgan fingerprint density at radius 2 is 1.96 bits per heavy atom. The summed E-state index contributed by atoms with van der Waals surface area (Å²) < 4.78 is 11.5. The average molecular weight is 355 g/mol. The number of amides is 2. The quantitative estimate of drug-likeness (QED) is 0.477. The van der Waals surface area contributed by atoms with Gasteiger partial charge in [0.25, 0.3) is 0 Å². The van der Waals surface area contributed by atoms with Crippen LogP contribution in [0.3, 0.4) is 0 Å². The topological polar surface area (TPSA) is 76.8 Å². The van der Waals surface area contributed by atoms with Crippen LogP contribution in [-0.2, 0) is 20.7 Å². The van der Waals surface area contributed by atoms with Crippen LogP contribution in [-0.4, -0.2) is 36.5 Å². The molecule has 136 valence electrons. The van der Waals surface area contributed by atoms with E-state index in [2.05, 4.69) is 6.92 Å². The van der Waals surface area contributed by atoms with Crippen LogP contribution in [0.5, 0.6) is 0 Å². The molecule has 2 aliphatic rings. The third-order valence-corrected chi connectivity index (χ3v) is 5.48. The predicted molar refractivity (Wildman–Crippen MR) is 94.8 cm³/mol. The second-order valence-electron chi connectivity index (χ2n) is 6.98. The summed E-state index contributed by atoms with van der Waals surface area (Å²) >= 11 is 0. The van der Waals surface area contributed by atoms with Crippen molar-refractivity contribution in [2.45, 2.75) is 38.2 Å². The first kappa shape index (κ1) is 17.0. The first-order valence-corrected chi connectivity index (χ1v) is 9.02. The Morgan fingerprint density at radius 3 is 2.73 bits per heavy atom. The van der Waals surface area contributed by atoms with Crippen LogP contribution >= 0.6 is 0 Å². The van der Waals surface area contributed by atoms with Crippen LogP contribution in [0.1, 0.15) is 36.8 Å². The van der Waals surface area contributed by atoms with Crippen LogP contribution in [0, 0.1) is 5.92 Å². The van der Waals surface area contributed by atoms with E-state index in [-0.39, 0.29) is 11.8 Å². The number of benzene rings is 1. The van der Waals surface area contributed by atoms with Crippen molar-refractivity contribution in [3.05, 3.63) is 45.8 Å². The number of likely N-dealkylation sites (N-methyl/N-ethyl adjacent to an activating group) is 1. The molecule has 1 aromatic carbocycles. The van der Waals surface area contributed by atoms with E-state index in [0.29, 0.717) is 24.2 Å². The number of ether oxygens (including phenoxy) is 1. The number of likely N-dealkylation sites (tertiary alicyclic amines) is 1. The van der Waals surface area contributed by atoms with Gasteiger partial charge in [-0.2, -0.15) is 0 Å².